The maximum absolute atomic E-state index is 5.49. The number of nitrogens with zero attached hydrogens (tertiary/aromatic N) is 6. The van der Waals surface area contributed by atoms with E-state index < -0.39 is 0 Å². The molecular weight excluding hydrogens is 404 g/mol. The van der Waals surface area contributed by atoms with E-state index in [-0.39, 0.29) is 0 Å². The summed E-state index contributed by atoms with van der Waals surface area (Å²) in [5.41, 5.74) is 3.50. The summed E-state index contributed by atoms with van der Waals surface area (Å²) in [4.78, 5) is 9.88. The Balaban J connectivity index is 1.38. The maximum Gasteiger partial charge on any atom is 0.223 e. The Morgan fingerprint density at radius 2 is 1.69 bits per heavy atom. The van der Waals surface area contributed by atoms with Gasteiger partial charge in [0.25, 0.3) is 0 Å². The van der Waals surface area contributed by atoms with Crippen LogP contribution in [0.15, 0.2) is 42.5 Å². The Morgan fingerprint density at radius 3 is 2.47 bits per heavy atom. The number of piperazine rings is 1. The van der Waals surface area contributed by atoms with Crippen LogP contribution in [0.3, 0.4) is 0 Å². The molecule has 1 aromatic heterocycles. The first-order chi connectivity index (χ1) is 15.7. The summed E-state index contributed by atoms with van der Waals surface area (Å²) in [5, 5.41) is 4.84. The predicted molar refractivity (Wildman–Crippen MR) is 126 cm³/mol. The Labute approximate surface area is 189 Å². The van der Waals surface area contributed by atoms with Gasteiger partial charge in [-0.05, 0) is 43.3 Å². The van der Waals surface area contributed by atoms with Gasteiger partial charge in [0, 0.05) is 32.7 Å². The zero-order valence-electron chi connectivity index (χ0n) is 19.2. The van der Waals surface area contributed by atoms with Crippen molar-refractivity contribution < 1.29 is 9.47 Å². The van der Waals surface area contributed by atoms with Crippen LogP contribution in [-0.4, -0.2) is 85.0 Å². The van der Waals surface area contributed by atoms with Crippen LogP contribution in [-0.2, 0) is 13.1 Å². The number of benzene rings is 2. The van der Waals surface area contributed by atoms with Crippen molar-refractivity contribution in [3.63, 3.8) is 0 Å². The van der Waals surface area contributed by atoms with Crippen molar-refractivity contribution in [2.45, 2.75) is 13.1 Å². The monoisotopic (exact) mass is 436 g/mol. The molecule has 0 atom stereocenters. The molecule has 2 aliphatic heterocycles. The lowest BCUT2D eigenvalue weighted by Crippen LogP contribution is -2.58. The lowest BCUT2D eigenvalue weighted by Gasteiger charge is -2.45. The van der Waals surface area contributed by atoms with E-state index in [1.807, 2.05) is 6.07 Å². The molecule has 170 valence electrons. The molecule has 0 unspecified atom stereocenters. The fraction of sp³-hybridized carbons (Fsp3) is 0.458. The highest BCUT2D eigenvalue weighted by atomic mass is 16.5. The molecule has 1 fully saturated rings. The van der Waals surface area contributed by atoms with Crippen molar-refractivity contribution in [2.75, 3.05) is 65.7 Å². The van der Waals surface area contributed by atoms with Gasteiger partial charge in [-0.2, -0.15) is 0 Å². The van der Waals surface area contributed by atoms with Gasteiger partial charge in [-0.25, -0.2) is 9.99 Å². The SMILES string of the molecule is COc1ccc(CCN2CN(N3CCN(C)CC3)c3nc4ccccc4n3C2)cc1OC. The first kappa shape index (κ1) is 21.1. The van der Waals surface area contributed by atoms with Crippen molar-refractivity contribution in [3.05, 3.63) is 48.0 Å². The molecule has 8 heteroatoms. The number of para-hydroxylation sites is 2. The quantitative estimate of drug-likeness (QED) is 0.588. The average molecular weight is 437 g/mol. The number of fused-ring (bicyclic) bond motifs is 3. The number of ether oxygens (including phenoxy) is 2. The highest BCUT2D eigenvalue weighted by molar-refractivity contribution is 5.78. The predicted octanol–water partition coefficient (Wildman–Crippen LogP) is 2.50. The Hall–Kier alpha value is -2.81. The number of imidazole rings is 1. The third-order valence-corrected chi connectivity index (χ3v) is 6.53. The van der Waals surface area contributed by atoms with Crippen molar-refractivity contribution in [1.29, 1.82) is 0 Å². The van der Waals surface area contributed by atoms with Crippen molar-refractivity contribution in [3.8, 4) is 11.5 Å². The number of hydrogen-bond acceptors (Lipinski definition) is 7. The molecule has 0 spiro atoms. The highest BCUT2D eigenvalue weighted by Gasteiger charge is 2.31. The molecule has 0 amide bonds. The number of rotatable bonds is 6. The molecule has 8 nitrogen and oxygen atoms in total. The number of methoxy groups -OCH3 is 2. The second-order valence-electron chi connectivity index (χ2n) is 8.60. The first-order valence-corrected chi connectivity index (χ1v) is 11.3. The largest absolute Gasteiger partial charge is 0.493 e. The minimum Gasteiger partial charge on any atom is -0.493 e. The van der Waals surface area contributed by atoms with Crippen molar-refractivity contribution in [1.82, 2.24) is 24.4 Å². The van der Waals surface area contributed by atoms with Gasteiger partial charge < -0.3 is 14.4 Å². The van der Waals surface area contributed by atoms with Gasteiger partial charge in [0.2, 0.25) is 5.95 Å². The number of anilines is 1. The molecule has 2 aromatic carbocycles. The maximum atomic E-state index is 5.49. The fourth-order valence-corrected chi connectivity index (χ4v) is 4.61. The van der Waals surface area contributed by atoms with Crippen LogP contribution >= 0.6 is 0 Å². The third kappa shape index (κ3) is 4.01. The van der Waals surface area contributed by atoms with Gasteiger partial charge >= 0.3 is 0 Å². The Kier molecular flexibility index (Phi) is 5.91. The molecule has 0 radical (unpaired) electrons. The van der Waals surface area contributed by atoms with E-state index in [9.17, 15) is 0 Å². The number of hydrogen-bond donors (Lipinski definition) is 0. The summed E-state index contributed by atoms with van der Waals surface area (Å²) in [6.45, 7) is 6.82. The van der Waals surface area contributed by atoms with Gasteiger partial charge in [-0.15, -0.1) is 0 Å². The van der Waals surface area contributed by atoms with Crippen LogP contribution in [0.25, 0.3) is 11.0 Å². The molecule has 0 N–H and O–H groups in total. The smallest absolute Gasteiger partial charge is 0.223 e. The van der Waals surface area contributed by atoms with Gasteiger partial charge in [0.15, 0.2) is 11.5 Å². The van der Waals surface area contributed by atoms with Crippen LogP contribution in [0, 0.1) is 0 Å². The molecule has 0 aliphatic carbocycles. The Morgan fingerprint density at radius 1 is 0.906 bits per heavy atom. The van der Waals surface area contributed by atoms with E-state index >= 15 is 0 Å². The molecule has 32 heavy (non-hydrogen) atoms. The number of likely N-dealkylation sites (N-methyl/N-ethyl adjacent to an activating group) is 1. The van der Waals surface area contributed by atoms with E-state index in [0.29, 0.717) is 0 Å². The zero-order chi connectivity index (χ0) is 22.1. The molecule has 1 saturated heterocycles. The topological polar surface area (TPSA) is 49.2 Å². The summed E-state index contributed by atoms with van der Waals surface area (Å²) in [6.07, 6.45) is 0.943. The first-order valence-electron chi connectivity index (χ1n) is 11.3. The zero-order valence-corrected chi connectivity index (χ0v) is 19.2. The van der Waals surface area contributed by atoms with Gasteiger partial charge in [-0.1, -0.05) is 18.2 Å². The van der Waals surface area contributed by atoms with Gasteiger partial charge in [-0.3, -0.25) is 14.5 Å². The summed E-state index contributed by atoms with van der Waals surface area (Å²) >= 11 is 0. The number of aromatic nitrogens is 2. The highest BCUT2D eigenvalue weighted by Crippen LogP contribution is 2.30. The van der Waals surface area contributed by atoms with E-state index in [4.69, 9.17) is 14.5 Å². The van der Waals surface area contributed by atoms with E-state index in [1.54, 1.807) is 14.2 Å². The molecule has 0 bridgehead atoms. The van der Waals surface area contributed by atoms with E-state index in [0.717, 1.165) is 75.4 Å². The molecule has 2 aliphatic rings. The lowest BCUT2D eigenvalue weighted by molar-refractivity contribution is 0.0901. The molecule has 0 saturated carbocycles. The van der Waals surface area contributed by atoms with Crippen molar-refractivity contribution >= 4 is 17.0 Å². The normalized spacial score (nSPS) is 18.2. The average Bonchev–Trinajstić information content (AvgIpc) is 3.21. The Bertz CT molecular complexity index is 1080. The van der Waals surface area contributed by atoms with Crippen LogP contribution in [0.5, 0.6) is 11.5 Å². The second-order valence-corrected chi connectivity index (χ2v) is 8.60. The van der Waals surface area contributed by atoms with Gasteiger partial charge in [0.1, 0.15) is 0 Å². The molecule has 3 aromatic rings. The lowest BCUT2D eigenvalue weighted by atomic mass is 10.1. The summed E-state index contributed by atoms with van der Waals surface area (Å²) in [5.74, 6) is 2.61. The van der Waals surface area contributed by atoms with Gasteiger partial charge in [0.05, 0.1) is 38.6 Å². The summed E-state index contributed by atoms with van der Waals surface area (Å²) in [6, 6.07) is 14.6. The summed E-state index contributed by atoms with van der Waals surface area (Å²) in [7, 11) is 5.55. The minimum atomic E-state index is 0.769. The minimum absolute atomic E-state index is 0.769. The third-order valence-electron chi connectivity index (χ3n) is 6.53. The second kappa shape index (κ2) is 8.97. The standard InChI is InChI=1S/C24H32N6O2/c1-26-12-14-28(15-13-26)30-18-27(11-10-19-8-9-22(31-2)23(16-19)32-3)17-29-21-7-5-4-6-20(21)25-24(29)30/h4-9,16H,10-15,17-18H2,1-3H3. The van der Waals surface area contributed by atoms with Crippen LogP contribution in [0.1, 0.15) is 5.56 Å². The van der Waals surface area contributed by atoms with Crippen molar-refractivity contribution in [2.24, 2.45) is 0 Å². The number of hydrazine groups is 1. The summed E-state index contributed by atoms with van der Waals surface area (Å²) < 4.78 is 13.2. The molecular formula is C24H32N6O2. The van der Waals surface area contributed by atoms with E-state index in [1.165, 1.54) is 11.1 Å². The van der Waals surface area contributed by atoms with E-state index in [2.05, 4.69) is 67.8 Å². The van der Waals surface area contributed by atoms with Crippen LogP contribution < -0.4 is 14.5 Å². The molecule has 5 rings (SSSR count). The fourth-order valence-electron chi connectivity index (χ4n) is 4.61. The molecule has 3 heterocycles. The van der Waals surface area contributed by atoms with Crippen LogP contribution in [0.2, 0.25) is 0 Å². The van der Waals surface area contributed by atoms with Crippen LogP contribution in [0.4, 0.5) is 5.95 Å².